The highest BCUT2D eigenvalue weighted by Gasteiger charge is 2.44. The minimum atomic E-state index is -0.912. The van der Waals surface area contributed by atoms with E-state index in [0.717, 1.165) is 0 Å². The standard InChI is InChI=1S/C24H33ClN4O6/c1-5-34-23-16(12-18(30)35-23)27-21(32)17-7-6-10-29(17)22(33)19(24(2,3)4)28-20(31)14-9-8-13(26)11-15(14)25/h8-9,11,16-17,19,23H,5-7,10,12,26H2,1-4H3,(H,27,32)(H,28,31)/t16-,17-,19+,23+/m0/s1. The van der Waals surface area contributed by atoms with Gasteiger partial charge in [0.15, 0.2) is 0 Å². The van der Waals surface area contributed by atoms with Gasteiger partial charge in [-0.2, -0.15) is 0 Å². The molecule has 4 atom stereocenters. The molecule has 2 aliphatic heterocycles. The number of carbonyl (C=O) groups is 4. The molecular formula is C24H33ClN4O6. The van der Waals surface area contributed by atoms with E-state index >= 15 is 0 Å². The fourth-order valence-electron chi connectivity index (χ4n) is 4.29. The fraction of sp³-hybridized carbons (Fsp3) is 0.583. The van der Waals surface area contributed by atoms with Crippen molar-refractivity contribution in [2.24, 2.45) is 5.41 Å². The molecule has 35 heavy (non-hydrogen) atoms. The van der Waals surface area contributed by atoms with Gasteiger partial charge in [0, 0.05) is 18.8 Å². The number of nitrogens with one attached hydrogen (secondary N) is 2. The van der Waals surface area contributed by atoms with E-state index in [1.807, 2.05) is 20.8 Å². The number of likely N-dealkylation sites (tertiary alicyclic amines) is 1. The highest BCUT2D eigenvalue weighted by Crippen LogP contribution is 2.28. The van der Waals surface area contributed by atoms with Crippen LogP contribution in [0.2, 0.25) is 5.02 Å². The van der Waals surface area contributed by atoms with E-state index in [9.17, 15) is 19.2 Å². The van der Waals surface area contributed by atoms with Gasteiger partial charge < -0.3 is 30.7 Å². The lowest BCUT2D eigenvalue weighted by Crippen LogP contribution is -2.58. The normalized spacial score (nSPS) is 23.1. The second-order valence-corrected chi connectivity index (χ2v) is 10.2. The summed E-state index contributed by atoms with van der Waals surface area (Å²) >= 11 is 6.19. The maximum atomic E-state index is 13.6. The molecule has 2 fully saturated rings. The van der Waals surface area contributed by atoms with E-state index < -0.39 is 41.7 Å². The number of halogens is 1. The summed E-state index contributed by atoms with van der Waals surface area (Å²) in [5.74, 6) is -1.71. The van der Waals surface area contributed by atoms with E-state index in [-0.39, 0.29) is 28.8 Å². The van der Waals surface area contributed by atoms with Crippen LogP contribution in [0.4, 0.5) is 5.69 Å². The van der Waals surface area contributed by atoms with Crippen LogP contribution in [0.15, 0.2) is 18.2 Å². The van der Waals surface area contributed by atoms with Crippen LogP contribution in [0.1, 0.15) is 57.3 Å². The van der Waals surface area contributed by atoms with Gasteiger partial charge in [-0.3, -0.25) is 19.2 Å². The zero-order valence-electron chi connectivity index (χ0n) is 20.4. The molecule has 192 valence electrons. The Balaban J connectivity index is 1.75. The molecule has 2 saturated heterocycles. The van der Waals surface area contributed by atoms with E-state index in [0.29, 0.717) is 31.7 Å². The molecule has 11 heteroatoms. The van der Waals surface area contributed by atoms with Crippen LogP contribution in [0.5, 0.6) is 0 Å². The van der Waals surface area contributed by atoms with Crippen molar-refractivity contribution in [3.8, 4) is 0 Å². The Morgan fingerprint density at radius 2 is 2.03 bits per heavy atom. The third-order valence-electron chi connectivity index (χ3n) is 6.09. The van der Waals surface area contributed by atoms with Crippen LogP contribution in [-0.2, 0) is 23.9 Å². The number of hydrogen-bond acceptors (Lipinski definition) is 7. The number of rotatable bonds is 7. The summed E-state index contributed by atoms with van der Waals surface area (Å²) in [6.45, 7) is 7.96. The number of hydrogen-bond donors (Lipinski definition) is 3. The smallest absolute Gasteiger partial charge is 0.310 e. The van der Waals surface area contributed by atoms with Crippen LogP contribution in [0.25, 0.3) is 0 Å². The number of nitrogen functional groups attached to an aromatic ring is 1. The molecule has 0 saturated carbocycles. The van der Waals surface area contributed by atoms with Crippen molar-refractivity contribution < 1.29 is 28.7 Å². The van der Waals surface area contributed by atoms with Gasteiger partial charge in [0.25, 0.3) is 5.91 Å². The summed E-state index contributed by atoms with van der Waals surface area (Å²) in [4.78, 5) is 52.9. The summed E-state index contributed by atoms with van der Waals surface area (Å²) in [6, 6.07) is 2.26. The number of ether oxygens (including phenoxy) is 2. The van der Waals surface area contributed by atoms with Crippen LogP contribution in [-0.4, -0.2) is 66.2 Å². The summed E-state index contributed by atoms with van der Waals surface area (Å²) < 4.78 is 10.5. The van der Waals surface area contributed by atoms with E-state index in [4.69, 9.17) is 26.8 Å². The van der Waals surface area contributed by atoms with Crippen molar-refractivity contribution >= 4 is 41.0 Å². The van der Waals surface area contributed by atoms with Crippen molar-refractivity contribution in [2.45, 2.75) is 71.4 Å². The van der Waals surface area contributed by atoms with Crippen molar-refractivity contribution in [2.75, 3.05) is 18.9 Å². The molecule has 0 radical (unpaired) electrons. The second kappa shape index (κ2) is 10.8. The summed E-state index contributed by atoms with van der Waals surface area (Å²) in [5.41, 5.74) is 5.68. The molecule has 4 N–H and O–H groups in total. The summed E-state index contributed by atoms with van der Waals surface area (Å²) in [7, 11) is 0. The molecule has 2 heterocycles. The number of nitrogens with two attached hydrogens (primary N) is 1. The number of benzene rings is 1. The lowest BCUT2D eigenvalue weighted by Gasteiger charge is -2.35. The fourth-order valence-corrected chi connectivity index (χ4v) is 4.56. The molecule has 3 amide bonds. The van der Waals surface area contributed by atoms with Gasteiger partial charge in [-0.1, -0.05) is 32.4 Å². The quantitative estimate of drug-likeness (QED) is 0.377. The number of anilines is 1. The third kappa shape index (κ3) is 6.24. The molecule has 2 aliphatic rings. The zero-order valence-corrected chi connectivity index (χ0v) is 21.2. The monoisotopic (exact) mass is 508 g/mol. The van der Waals surface area contributed by atoms with Gasteiger partial charge in [-0.15, -0.1) is 0 Å². The number of cyclic esters (lactones) is 1. The molecule has 1 aromatic carbocycles. The van der Waals surface area contributed by atoms with Gasteiger partial charge >= 0.3 is 5.97 Å². The minimum absolute atomic E-state index is 0.0000951. The molecule has 0 spiro atoms. The maximum absolute atomic E-state index is 13.6. The molecule has 1 aromatic rings. The highest BCUT2D eigenvalue weighted by atomic mass is 35.5. The van der Waals surface area contributed by atoms with E-state index in [1.165, 1.54) is 17.0 Å². The number of nitrogens with zero attached hydrogens (tertiary/aromatic N) is 1. The molecule has 0 bridgehead atoms. The molecule has 10 nitrogen and oxygen atoms in total. The Kier molecular flexibility index (Phi) is 8.27. The number of carbonyl (C=O) groups excluding carboxylic acids is 4. The van der Waals surface area contributed by atoms with Gasteiger partial charge in [0.05, 0.1) is 17.0 Å². The highest BCUT2D eigenvalue weighted by molar-refractivity contribution is 6.34. The SMILES string of the molecule is CCO[C@@H]1OC(=O)C[C@@H]1NC(=O)[C@@H]1CCCN1C(=O)[C@@H](NC(=O)c1ccc(N)cc1Cl)C(C)(C)C. The van der Waals surface area contributed by atoms with Crippen molar-refractivity contribution in [3.05, 3.63) is 28.8 Å². The second-order valence-electron chi connectivity index (χ2n) is 9.83. The van der Waals surface area contributed by atoms with E-state index in [1.54, 1.807) is 13.0 Å². The third-order valence-corrected chi connectivity index (χ3v) is 6.40. The first-order valence-corrected chi connectivity index (χ1v) is 12.1. The number of esters is 1. The molecule has 0 unspecified atom stereocenters. The first kappa shape index (κ1) is 26.7. The first-order valence-electron chi connectivity index (χ1n) is 11.7. The predicted octanol–water partition coefficient (Wildman–Crippen LogP) is 1.85. The van der Waals surface area contributed by atoms with Crippen molar-refractivity contribution in [1.29, 1.82) is 0 Å². The minimum Gasteiger partial charge on any atom is -0.433 e. The van der Waals surface area contributed by atoms with Crippen LogP contribution >= 0.6 is 11.6 Å². The lowest BCUT2D eigenvalue weighted by atomic mass is 9.85. The average molecular weight is 509 g/mol. The van der Waals surface area contributed by atoms with Gasteiger partial charge in [0.2, 0.25) is 18.1 Å². The van der Waals surface area contributed by atoms with Crippen LogP contribution in [0, 0.1) is 5.41 Å². The topological polar surface area (TPSA) is 140 Å². The zero-order chi connectivity index (χ0) is 25.9. The van der Waals surface area contributed by atoms with Crippen LogP contribution < -0.4 is 16.4 Å². The molecular weight excluding hydrogens is 476 g/mol. The van der Waals surface area contributed by atoms with E-state index in [2.05, 4.69) is 10.6 Å². The first-order chi connectivity index (χ1) is 16.4. The Hall–Kier alpha value is -2.85. The average Bonchev–Trinajstić information content (AvgIpc) is 3.37. The molecule has 3 rings (SSSR count). The van der Waals surface area contributed by atoms with Crippen molar-refractivity contribution in [1.82, 2.24) is 15.5 Å². The Morgan fingerprint density at radius 3 is 2.66 bits per heavy atom. The molecule has 0 aliphatic carbocycles. The van der Waals surface area contributed by atoms with Crippen LogP contribution in [0.3, 0.4) is 0 Å². The van der Waals surface area contributed by atoms with Gasteiger partial charge in [-0.05, 0) is 43.4 Å². The van der Waals surface area contributed by atoms with Crippen molar-refractivity contribution in [3.63, 3.8) is 0 Å². The molecule has 0 aromatic heterocycles. The Morgan fingerprint density at radius 1 is 1.31 bits per heavy atom. The van der Waals surface area contributed by atoms with Gasteiger partial charge in [0.1, 0.15) is 18.1 Å². The lowest BCUT2D eigenvalue weighted by molar-refractivity contribution is -0.164. The predicted molar refractivity (Wildman–Crippen MR) is 129 cm³/mol. The van der Waals surface area contributed by atoms with Gasteiger partial charge in [-0.25, -0.2) is 0 Å². The largest absolute Gasteiger partial charge is 0.433 e. The maximum Gasteiger partial charge on any atom is 0.310 e. The summed E-state index contributed by atoms with van der Waals surface area (Å²) in [6.07, 6.45) is 0.244. The Bertz CT molecular complexity index is 995. The number of amides is 3. The Labute approximate surface area is 209 Å². The summed E-state index contributed by atoms with van der Waals surface area (Å²) in [5, 5.41) is 5.79.